The molecule has 0 amide bonds. The minimum Gasteiger partial charge on any atom is -0.384 e. The summed E-state index contributed by atoms with van der Waals surface area (Å²) in [6.07, 6.45) is 0. The van der Waals surface area contributed by atoms with Crippen molar-refractivity contribution in [3.05, 3.63) is 41.5 Å². The van der Waals surface area contributed by atoms with E-state index in [1.54, 1.807) is 6.07 Å². The van der Waals surface area contributed by atoms with Crippen LogP contribution in [0.25, 0.3) is 0 Å². The molecule has 5 nitrogen and oxygen atoms in total. The first-order chi connectivity index (χ1) is 9.79. The highest BCUT2D eigenvalue weighted by Gasteiger charge is 2.19. The largest absolute Gasteiger partial charge is 0.384 e. The number of benzene rings is 1. The van der Waals surface area contributed by atoms with Crippen LogP contribution in [0.4, 0.5) is 21.7 Å². The molecule has 108 valence electrons. The molecule has 0 unspecified atom stereocenters. The van der Waals surface area contributed by atoms with Crippen molar-refractivity contribution in [3.63, 3.8) is 0 Å². The molecule has 0 saturated heterocycles. The Morgan fingerprint density at radius 2 is 1.95 bits per heavy atom. The van der Waals surface area contributed by atoms with E-state index in [9.17, 15) is 4.39 Å². The van der Waals surface area contributed by atoms with Crippen molar-refractivity contribution in [2.45, 2.75) is 26.2 Å². The molecule has 0 saturated carbocycles. The number of nitrogens with one attached hydrogen (secondary N) is 1. The maximum absolute atomic E-state index is 13.1. The molecule has 0 aliphatic heterocycles. The van der Waals surface area contributed by atoms with Gasteiger partial charge in [0.05, 0.1) is 11.3 Å². The molecule has 3 N–H and O–H groups in total. The first kappa shape index (κ1) is 14.7. The number of nitriles is 1. The van der Waals surface area contributed by atoms with Gasteiger partial charge in [0.25, 0.3) is 0 Å². The van der Waals surface area contributed by atoms with Crippen molar-refractivity contribution in [3.8, 4) is 6.07 Å². The molecule has 1 aromatic heterocycles. The normalized spacial score (nSPS) is 11.0. The second-order valence-electron chi connectivity index (χ2n) is 5.68. The number of halogens is 1. The lowest BCUT2D eigenvalue weighted by molar-refractivity contribution is 0.547. The van der Waals surface area contributed by atoms with E-state index in [2.05, 4.69) is 15.3 Å². The first-order valence-electron chi connectivity index (χ1n) is 6.41. The fourth-order valence-corrected chi connectivity index (χ4v) is 1.72. The van der Waals surface area contributed by atoms with E-state index in [1.807, 2.05) is 26.8 Å². The Balaban J connectivity index is 2.41. The van der Waals surface area contributed by atoms with E-state index >= 15 is 0 Å². The van der Waals surface area contributed by atoms with Crippen LogP contribution in [0.15, 0.2) is 24.3 Å². The third kappa shape index (κ3) is 3.45. The van der Waals surface area contributed by atoms with E-state index in [4.69, 9.17) is 11.0 Å². The first-order valence-corrected chi connectivity index (χ1v) is 6.41. The van der Waals surface area contributed by atoms with Crippen molar-refractivity contribution in [2.24, 2.45) is 0 Å². The molecule has 6 heteroatoms. The highest BCUT2D eigenvalue weighted by Crippen LogP contribution is 2.24. The Morgan fingerprint density at radius 1 is 1.24 bits per heavy atom. The third-order valence-electron chi connectivity index (χ3n) is 2.78. The molecule has 1 aromatic carbocycles. The molecule has 1 heterocycles. The van der Waals surface area contributed by atoms with E-state index in [0.29, 0.717) is 23.1 Å². The summed E-state index contributed by atoms with van der Waals surface area (Å²) >= 11 is 0. The van der Waals surface area contributed by atoms with Crippen LogP contribution in [-0.4, -0.2) is 9.97 Å². The predicted molar refractivity (Wildman–Crippen MR) is 79.5 cm³/mol. The SMILES string of the molecule is CC(C)(C)c1nc(N)cc(Nc2ccc(F)cc2C#N)n1. The Hall–Kier alpha value is -2.68. The van der Waals surface area contributed by atoms with Crippen LogP contribution in [0.2, 0.25) is 0 Å². The van der Waals surface area contributed by atoms with Crippen molar-refractivity contribution >= 4 is 17.3 Å². The minimum absolute atomic E-state index is 0.199. The summed E-state index contributed by atoms with van der Waals surface area (Å²) in [6.45, 7) is 5.93. The van der Waals surface area contributed by atoms with E-state index < -0.39 is 5.82 Å². The highest BCUT2D eigenvalue weighted by atomic mass is 19.1. The van der Waals surface area contributed by atoms with Gasteiger partial charge >= 0.3 is 0 Å². The zero-order valence-electron chi connectivity index (χ0n) is 12.1. The number of hydrogen-bond acceptors (Lipinski definition) is 5. The topological polar surface area (TPSA) is 87.6 Å². The smallest absolute Gasteiger partial charge is 0.138 e. The van der Waals surface area contributed by atoms with Gasteiger partial charge in [-0.15, -0.1) is 0 Å². The molecule has 0 aliphatic carbocycles. The Labute approximate surface area is 122 Å². The summed E-state index contributed by atoms with van der Waals surface area (Å²) in [5.41, 5.74) is 6.20. The monoisotopic (exact) mass is 285 g/mol. The Morgan fingerprint density at radius 3 is 2.57 bits per heavy atom. The maximum atomic E-state index is 13.1. The fraction of sp³-hybridized carbons (Fsp3) is 0.267. The van der Waals surface area contributed by atoms with Crippen LogP contribution in [0.3, 0.4) is 0 Å². The van der Waals surface area contributed by atoms with Gasteiger partial charge in [0.2, 0.25) is 0 Å². The van der Waals surface area contributed by atoms with Crippen LogP contribution in [0.5, 0.6) is 0 Å². The number of nitrogen functional groups attached to an aromatic ring is 1. The summed E-state index contributed by atoms with van der Waals surface area (Å²) in [5.74, 6) is 0.925. The highest BCUT2D eigenvalue weighted by molar-refractivity contribution is 5.65. The van der Waals surface area contributed by atoms with Gasteiger partial charge < -0.3 is 11.1 Å². The molecule has 0 radical (unpaired) electrons. The van der Waals surface area contributed by atoms with Crippen molar-refractivity contribution in [1.82, 2.24) is 9.97 Å². The van der Waals surface area contributed by atoms with Gasteiger partial charge in [0.15, 0.2) is 0 Å². The second-order valence-corrected chi connectivity index (χ2v) is 5.68. The number of nitrogens with zero attached hydrogens (tertiary/aromatic N) is 3. The number of rotatable bonds is 2. The van der Waals surface area contributed by atoms with Gasteiger partial charge in [-0.25, -0.2) is 14.4 Å². The molecule has 0 spiro atoms. The molecule has 0 aliphatic rings. The van der Waals surface area contributed by atoms with Gasteiger partial charge in [0, 0.05) is 11.5 Å². The molecule has 21 heavy (non-hydrogen) atoms. The standard InChI is InChI=1S/C15H16FN5/c1-15(2,3)14-20-12(18)7-13(21-14)19-11-5-4-10(16)6-9(11)8-17/h4-7H,1-3H3,(H3,18,19,20,21). The fourth-order valence-electron chi connectivity index (χ4n) is 1.72. The van der Waals surface area contributed by atoms with E-state index in [1.165, 1.54) is 12.1 Å². The van der Waals surface area contributed by atoms with Crippen molar-refractivity contribution in [1.29, 1.82) is 5.26 Å². The Bertz CT molecular complexity index is 713. The van der Waals surface area contributed by atoms with Gasteiger partial charge in [0.1, 0.15) is 29.3 Å². The predicted octanol–water partition coefficient (Wildman–Crippen LogP) is 3.11. The quantitative estimate of drug-likeness (QED) is 0.885. The van der Waals surface area contributed by atoms with Crippen LogP contribution in [-0.2, 0) is 5.41 Å². The number of hydrogen-bond donors (Lipinski definition) is 2. The summed E-state index contributed by atoms with van der Waals surface area (Å²) in [5, 5.41) is 12.0. The lowest BCUT2D eigenvalue weighted by Crippen LogP contribution is -2.17. The van der Waals surface area contributed by atoms with E-state index in [-0.39, 0.29) is 11.0 Å². The molecular formula is C15H16FN5. The lowest BCUT2D eigenvalue weighted by Gasteiger charge is -2.18. The summed E-state index contributed by atoms with van der Waals surface area (Å²) in [7, 11) is 0. The van der Waals surface area contributed by atoms with E-state index in [0.717, 1.165) is 6.07 Å². The molecular weight excluding hydrogens is 269 g/mol. The molecule has 0 bridgehead atoms. The zero-order valence-corrected chi connectivity index (χ0v) is 12.1. The number of aromatic nitrogens is 2. The molecule has 2 rings (SSSR count). The van der Waals surface area contributed by atoms with Gasteiger partial charge in [-0.2, -0.15) is 5.26 Å². The van der Waals surface area contributed by atoms with Gasteiger partial charge in [-0.3, -0.25) is 0 Å². The van der Waals surface area contributed by atoms with Gasteiger partial charge in [-0.1, -0.05) is 20.8 Å². The van der Waals surface area contributed by atoms with Gasteiger partial charge in [-0.05, 0) is 18.2 Å². The third-order valence-corrected chi connectivity index (χ3v) is 2.78. The summed E-state index contributed by atoms with van der Waals surface area (Å²) < 4.78 is 13.1. The lowest BCUT2D eigenvalue weighted by atomic mass is 9.96. The van der Waals surface area contributed by atoms with Crippen LogP contribution < -0.4 is 11.1 Å². The summed E-state index contributed by atoms with van der Waals surface area (Å²) in [4.78, 5) is 8.60. The minimum atomic E-state index is -0.463. The average molecular weight is 285 g/mol. The average Bonchev–Trinajstić information content (AvgIpc) is 2.39. The molecule has 0 fully saturated rings. The summed E-state index contributed by atoms with van der Waals surface area (Å²) in [6, 6.07) is 7.44. The van der Waals surface area contributed by atoms with Crippen LogP contribution in [0.1, 0.15) is 32.2 Å². The Kier molecular flexibility index (Phi) is 3.76. The van der Waals surface area contributed by atoms with Crippen molar-refractivity contribution in [2.75, 3.05) is 11.1 Å². The second kappa shape index (κ2) is 5.37. The van der Waals surface area contributed by atoms with Crippen LogP contribution in [0, 0.1) is 17.1 Å². The molecule has 2 aromatic rings. The van der Waals surface area contributed by atoms with Crippen molar-refractivity contribution < 1.29 is 4.39 Å². The number of anilines is 3. The zero-order chi connectivity index (χ0) is 15.6. The number of nitrogens with two attached hydrogens (primary N) is 1. The maximum Gasteiger partial charge on any atom is 0.138 e. The van der Waals surface area contributed by atoms with Crippen LogP contribution >= 0.6 is 0 Å². The molecule has 0 atom stereocenters.